The molecule has 2 nitrogen and oxygen atoms in total. The van der Waals surface area contributed by atoms with E-state index in [1.54, 1.807) is 0 Å². The lowest BCUT2D eigenvalue weighted by Crippen LogP contribution is -2.23. The highest BCUT2D eigenvalue weighted by molar-refractivity contribution is 6.31. The standard InChI is InChI=1S/C13H20ClNO/c1-8(2)11-6-13(16-10(4)7-15)9(3)5-12(11)14/h5-6,8,10H,7,15H2,1-4H3. The molecule has 1 aromatic rings. The van der Waals surface area contributed by atoms with Crippen molar-refractivity contribution in [1.29, 1.82) is 0 Å². The Labute approximate surface area is 103 Å². The summed E-state index contributed by atoms with van der Waals surface area (Å²) in [6.07, 6.45) is 0.0277. The average Bonchev–Trinajstić information content (AvgIpc) is 2.21. The zero-order valence-electron chi connectivity index (χ0n) is 10.4. The first-order valence-electron chi connectivity index (χ1n) is 5.62. The van der Waals surface area contributed by atoms with Gasteiger partial charge in [0.05, 0.1) is 0 Å². The average molecular weight is 242 g/mol. The molecule has 90 valence electrons. The molecule has 1 rings (SSSR count). The predicted octanol–water partition coefficient (Wildman–Crippen LogP) is 3.50. The molecule has 0 spiro atoms. The van der Waals surface area contributed by atoms with Gasteiger partial charge in [0.2, 0.25) is 0 Å². The fraction of sp³-hybridized carbons (Fsp3) is 0.538. The third-order valence-electron chi connectivity index (χ3n) is 2.58. The molecule has 0 fully saturated rings. The van der Waals surface area contributed by atoms with Crippen LogP contribution in [0.25, 0.3) is 0 Å². The van der Waals surface area contributed by atoms with Crippen LogP contribution < -0.4 is 10.5 Å². The molecular formula is C13H20ClNO. The van der Waals surface area contributed by atoms with Gasteiger partial charge in [-0.25, -0.2) is 0 Å². The molecule has 0 amide bonds. The normalized spacial score (nSPS) is 12.9. The summed E-state index contributed by atoms with van der Waals surface area (Å²) in [7, 11) is 0. The van der Waals surface area contributed by atoms with E-state index >= 15 is 0 Å². The maximum atomic E-state index is 6.19. The summed E-state index contributed by atoms with van der Waals surface area (Å²) in [4.78, 5) is 0. The Morgan fingerprint density at radius 1 is 1.31 bits per heavy atom. The summed E-state index contributed by atoms with van der Waals surface area (Å²) in [6, 6.07) is 3.98. The Morgan fingerprint density at radius 2 is 1.94 bits per heavy atom. The van der Waals surface area contributed by atoms with Crippen molar-refractivity contribution in [2.24, 2.45) is 5.73 Å². The third-order valence-corrected chi connectivity index (χ3v) is 2.90. The summed E-state index contributed by atoms with van der Waals surface area (Å²) in [5.41, 5.74) is 7.71. The molecule has 0 aliphatic rings. The van der Waals surface area contributed by atoms with E-state index in [9.17, 15) is 0 Å². The van der Waals surface area contributed by atoms with E-state index in [0.717, 1.165) is 21.9 Å². The van der Waals surface area contributed by atoms with Crippen LogP contribution in [0.2, 0.25) is 5.02 Å². The molecule has 1 atom stereocenters. The van der Waals surface area contributed by atoms with Crippen LogP contribution in [0.15, 0.2) is 12.1 Å². The minimum Gasteiger partial charge on any atom is -0.489 e. The van der Waals surface area contributed by atoms with Gasteiger partial charge in [0, 0.05) is 11.6 Å². The lowest BCUT2D eigenvalue weighted by molar-refractivity contribution is 0.228. The van der Waals surface area contributed by atoms with Gasteiger partial charge in [-0.15, -0.1) is 0 Å². The minimum atomic E-state index is 0.0277. The quantitative estimate of drug-likeness (QED) is 0.876. The van der Waals surface area contributed by atoms with Crippen molar-refractivity contribution in [3.8, 4) is 5.75 Å². The van der Waals surface area contributed by atoms with Gasteiger partial charge in [-0.1, -0.05) is 25.4 Å². The molecule has 0 heterocycles. The molecule has 1 aromatic carbocycles. The lowest BCUT2D eigenvalue weighted by atomic mass is 10.0. The lowest BCUT2D eigenvalue weighted by Gasteiger charge is -2.17. The fourth-order valence-electron chi connectivity index (χ4n) is 1.50. The van der Waals surface area contributed by atoms with Gasteiger partial charge in [0.25, 0.3) is 0 Å². The zero-order chi connectivity index (χ0) is 12.3. The van der Waals surface area contributed by atoms with E-state index in [2.05, 4.69) is 13.8 Å². The highest BCUT2D eigenvalue weighted by Crippen LogP contribution is 2.31. The van der Waals surface area contributed by atoms with Crippen LogP contribution >= 0.6 is 11.6 Å². The Morgan fingerprint density at radius 3 is 2.44 bits per heavy atom. The maximum absolute atomic E-state index is 6.19. The summed E-state index contributed by atoms with van der Waals surface area (Å²) in [5, 5.41) is 0.806. The van der Waals surface area contributed by atoms with Gasteiger partial charge in [0.15, 0.2) is 0 Å². The topological polar surface area (TPSA) is 35.2 Å². The van der Waals surface area contributed by atoms with E-state index in [1.165, 1.54) is 0 Å². The van der Waals surface area contributed by atoms with Crippen molar-refractivity contribution in [3.05, 3.63) is 28.3 Å². The fourth-order valence-corrected chi connectivity index (χ4v) is 1.94. The number of benzene rings is 1. The van der Waals surface area contributed by atoms with Gasteiger partial charge in [0.1, 0.15) is 11.9 Å². The highest BCUT2D eigenvalue weighted by atomic mass is 35.5. The zero-order valence-corrected chi connectivity index (χ0v) is 11.1. The van der Waals surface area contributed by atoms with Crippen molar-refractivity contribution < 1.29 is 4.74 Å². The molecule has 0 aromatic heterocycles. The first-order valence-corrected chi connectivity index (χ1v) is 6.00. The van der Waals surface area contributed by atoms with Gasteiger partial charge >= 0.3 is 0 Å². The van der Waals surface area contributed by atoms with Crippen LogP contribution in [-0.2, 0) is 0 Å². The van der Waals surface area contributed by atoms with Gasteiger partial charge < -0.3 is 10.5 Å². The van der Waals surface area contributed by atoms with Crippen molar-refractivity contribution >= 4 is 11.6 Å². The molecule has 16 heavy (non-hydrogen) atoms. The van der Waals surface area contributed by atoms with Crippen LogP contribution in [-0.4, -0.2) is 12.6 Å². The van der Waals surface area contributed by atoms with Crippen molar-refractivity contribution in [1.82, 2.24) is 0 Å². The van der Waals surface area contributed by atoms with E-state index < -0.39 is 0 Å². The molecule has 1 unspecified atom stereocenters. The Hall–Kier alpha value is -0.730. The largest absolute Gasteiger partial charge is 0.489 e. The monoisotopic (exact) mass is 241 g/mol. The molecule has 0 aliphatic carbocycles. The van der Waals surface area contributed by atoms with Gasteiger partial charge in [-0.2, -0.15) is 0 Å². The second-order valence-electron chi connectivity index (χ2n) is 4.46. The number of hydrogen-bond acceptors (Lipinski definition) is 2. The number of aryl methyl sites for hydroxylation is 1. The SMILES string of the molecule is Cc1cc(Cl)c(C(C)C)cc1OC(C)CN. The van der Waals surface area contributed by atoms with Crippen molar-refractivity contribution in [2.45, 2.75) is 39.7 Å². The van der Waals surface area contributed by atoms with Crippen molar-refractivity contribution in [2.75, 3.05) is 6.54 Å². The molecule has 3 heteroatoms. The Balaban J connectivity index is 3.05. The number of nitrogens with two attached hydrogens (primary N) is 1. The molecule has 0 saturated heterocycles. The number of hydrogen-bond donors (Lipinski definition) is 1. The smallest absolute Gasteiger partial charge is 0.123 e. The summed E-state index contributed by atoms with van der Waals surface area (Å²) >= 11 is 6.19. The second kappa shape index (κ2) is 5.55. The van der Waals surface area contributed by atoms with E-state index in [0.29, 0.717) is 12.5 Å². The van der Waals surface area contributed by atoms with Gasteiger partial charge in [-0.3, -0.25) is 0 Å². The predicted molar refractivity (Wildman–Crippen MR) is 69.4 cm³/mol. The van der Waals surface area contributed by atoms with Gasteiger partial charge in [-0.05, 0) is 43.0 Å². The molecule has 0 aliphatic heterocycles. The van der Waals surface area contributed by atoms with E-state index in [4.69, 9.17) is 22.1 Å². The van der Waals surface area contributed by atoms with Crippen LogP contribution in [0, 0.1) is 6.92 Å². The van der Waals surface area contributed by atoms with Crippen LogP contribution in [0.5, 0.6) is 5.75 Å². The summed E-state index contributed by atoms with van der Waals surface area (Å²) < 4.78 is 5.76. The number of rotatable bonds is 4. The first-order chi connectivity index (χ1) is 7.45. The summed E-state index contributed by atoms with van der Waals surface area (Å²) in [6.45, 7) is 8.70. The first kappa shape index (κ1) is 13.3. The van der Waals surface area contributed by atoms with E-state index in [1.807, 2.05) is 26.0 Å². The Bertz CT molecular complexity index is 363. The van der Waals surface area contributed by atoms with Crippen molar-refractivity contribution in [3.63, 3.8) is 0 Å². The third kappa shape index (κ3) is 3.13. The summed E-state index contributed by atoms with van der Waals surface area (Å²) in [5.74, 6) is 1.27. The molecule has 2 N–H and O–H groups in total. The second-order valence-corrected chi connectivity index (χ2v) is 4.87. The highest BCUT2D eigenvalue weighted by Gasteiger charge is 2.11. The number of halogens is 1. The van der Waals surface area contributed by atoms with Crippen LogP contribution in [0.3, 0.4) is 0 Å². The Kier molecular flexibility index (Phi) is 4.63. The van der Waals surface area contributed by atoms with Crippen LogP contribution in [0.4, 0.5) is 0 Å². The number of ether oxygens (including phenoxy) is 1. The molecule has 0 bridgehead atoms. The van der Waals surface area contributed by atoms with E-state index in [-0.39, 0.29) is 6.10 Å². The van der Waals surface area contributed by atoms with Crippen LogP contribution in [0.1, 0.15) is 37.8 Å². The molecule has 0 saturated carbocycles. The molecular weight excluding hydrogens is 222 g/mol. The minimum absolute atomic E-state index is 0.0277. The molecule has 0 radical (unpaired) electrons. The maximum Gasteiger partial charge on any atom is 0.123 e.